The number of carbonyl (C=O) groups is 2. The summed E-state index contributed by atoms with van der Waals surface area (Å²) in [6.45, 7) is 7.06. The van der Waals surface area contributed by atoms with Gasteiger partial charge in [0.15, 0.2) is 0 Å². The molecule has 10 nitrogen and oxygen atoms in total. The van der Waals surface area contributed by atoms with Crippen LogP contribution < -0.4 is 4.90 Å². The number of amides is 1. The lowest BCUT2D eigenvalue weighted by molar-refractivity contribution is -0.155. The molecule has 3 heterocycles. The van der Waals surface area contributed by atoms with Crippen molar-refractivity contribution < 1.29 is 14.3 Å². The van der Waals surface area contributed by atoms with Gasteiger partial charge < -0.3 is 24.3 Å². The first-order valence-electron chi connectivity index (χ1n) is 13.1. The van der Waals surface area contributed by atoms with Crippen LogP contribution in [0.1, 0.15) is 36.8 Å². The Balaban J connectivity index is 1.43. The highest BCUT2D eigenvalue weighted by molar-refractivity contribution is 5.88. The van der Waals surface area contributed by atoms with Crippen molar-refractivity contribution in [1.82, 2.24) is 14.7 Å². The predicted octanol–water partition coefficient (Wildman–Crippen LogP) is 1.95. The quantitative estimate of drug-likeness (QED) is 0.265. The standard InChI is InChI=1S/C27H35N7O3/c1-20-16-21(17-28)6-7-24(20)31-12-14-32(15-13-31)25(35)22-8-11-34(18-23(22)26(36)37-2)27(30-19-29)33-9-4-3-5-10-33/h6-7,16,22-23H,3-5,8-15,18H2,1-2H3/b30-27+/t22-,23-/m0/s1. The fourth-order valence-corrected chi connectivity index (χ4v) is 5.78. The minimum Gasteiger partial charge on any atom is -0.469 e. The van der Waals surface area contributed by atoms with Crippen molar-refractivity contribution in [2.75, 3.05) is 64.4 Å². The largest absolute Gasteiger partial charge is 0.469 e. The summed E-state index contributed by atoms with van der Waals surface area (Å²) in [5.74, 6) is -0.878. The molecule has 3 aliphatic heterocycles. The highest BCUT2D eigenvalue weighted by Gasteiger charge is 2.43. The molecule has 0 unspecified atom stereocenters. The van der Waals surface area contributed by atoms with Crippen molar-refractivity contribution in [3.05, 3.63) is 29.3 Å². The average Bonchev–Trinajstić information content (AvgIpc) is 2.95. The molecule has 2 atom stereocenters. The van der Waals surface area contributed by atoms with Crippen LogP contribution in [0.5, 0.6) is 0 Å². The molecule has 1 aromatic carbocycles. The average molecular weight is 506 g/mol. The first-order chi connectivity index (χ1) is 18.0. The summed E-state index contributed by atoms with van der Waals surface area (Å²) in [7, 11) is 1.36. The van der Waals surface area contributed by atoms with Crippen LogP contribution in [0.2, 0.25) is 0 Å². The number of ether oxygens (including phenoxy) is 1. The number of benzene rings is 1. The molecule has 0 bridgehead atoms. The number of nitriles is 2. The van der Waals surface area contributed by atoms with E-state index in [1.807, 2.05) is 41.1 Å². The number of piperidine rings is 2. The molecule has 0 N–H and O–H groups in total. The number of aryl methyl sites for hydroxylation is 1. The number of esters is 1. The Kier molecular flexibility index (Phi) is 8.50. The van der Waals surface area contributed by atoms with Crippen molar-refractivity contribution in [2.24, 2.45) is 16.8 Å². The van der Waals surface area contributed by atoms with Crippen LogP contribution in [-0.4, -0.2) is 92.0 Å². The van der Waals surface area contributed by atoms with Crippen molar-refractivity contribution >= 4 is 23.5 Å². The molecular formula is C27H35N7O3. The van der Waals surface area contributed by atoms with E-state index < -0.39 is 17.8 Å². The van der Waals surface area contributed by atoms with E-state index in [0.29, 0.717) is 57.2 Å². The van der Waals surface area contributed by atoms with Crippen molar-refractivity contribution in [3.63, 3.8) is 0 Å². The van der Waals surface area contributed by atoms with Crippen LogP contribution in [0.15, 0.2) is 23.2 Å². The van der Waals surface area contributed by atoms with E-state index >= 15 is 0 Å². The van der Waals surface area contributed by atoms with Gasteiger partial charge in [-0.25, -0.2) is 0 Å². The van der Waals surface area contributed by atoms with Gasteiger partial charge in [-0.1, -0.05) is 0 Å². The number of hydrogen-bond acceptors (Lipinski definition) is 7. The molecule has 3 saturated heterocycles. The number of rotatable bonds is 3. The Hall–Kier alpha value is -3.79. The van der Waals surface area contributed by atoms with Gasteiger partial charge in [0, 0.05) is 58.0 Å². The second kappa shape index (κ2) is 12.0. The number of piperazine rings is 1. The summed E-state index contributed by atoms with van der Waals surface area (Å²) in [5, 5.41) is 18.4. The smallest absolute Gasteiger partial charge is 0.311 e. The van der Waals surface area contributed by atoms with Gasteiger partial charge in [-0.2, -0.15) is 10.5 Å². The van der Waals surface area contributed by atoms with Crippen LogP contribution in [0.25, 0.3) is 0 Å². The van der Waals surface area contributed by atoms with Gasteiger partial charge in [-0.05, 0) is 56.4 Å². The van der Waals surface area contributed by atoms with E-state index in [4.69, 9.17) is 10.00 Å². The Morgan fingerprint density at radius 3 is 2.30 bits per heavy atom. The lowest BCUT2D eigenvalue weighted by Gasteiger charge is -2.44. The van der Waals surface area contributed by atoms with Gasteiger partial charge >= 0.3 is 5.97 Å². The number of hydrogen-bond donors (Lipinski definition) is 0. The summed E-state index contributed by atoms with van der Waals surface area (Å²) >= 11 is 0. The van der Waals surface area contributed by atoms with Crippen LogP contribution >= 0.6 is 0 Å². The second-order valence-corrected chi connectivity index (χ2v) is 9.96. The van der Waals surface area contributed by atoms with Gasteiger partial charge in [-0.15, -0.1) is 4.99 Å². The Bertz CT molecular complexity index is 1110. The first kappa shape index (κ1) is 26.3. The summed E-state index contributed by atoms with van der Waals surface area (Å²) in [4.78, 5) is 38.8. The van der Waals surface area contributed by atoms with E-state index in [9.17, 15) is 14.9 Å². The third-order valence-electron chi connectivity index (χ3n) is 7.76. The maximum atomic E-state index is 13.6. The number of aliphatic imine (C=N–C) groups is 1. The van der Waals surface area contributed by atoms with E-state index in [1.165, 1.54) is 7.11 Å². The number of guanidine groups is 1. The fourth-order valence-electron chi connectivity index (χ4n) is 5.78. The lowest BCUT2D eigenvalue weighted by atomic mass is 9.84. The van der Waals surface area contributed by atoms with Gasteiger partial charge in [-0.3, -0.25) is 9.59 Å². The second-order valence-electron chi connectivity index (χ2n) is 9.96. The predicted molar refractivity (Wildman–Crippen MR) is 138 cm³/mol. The van der Waals surface area contributed by atoms with Crippen molar-refractivity contribution in [3.8, 4) is 12.3 Å². The Morgan fingerprint density at radius 2 is 1.68 bits per heavy atom. The molecule has 0 aliphatic carbocycles. The van der Waals surface area contributed by atoms with Crippen LogP contribution in [0.4, 0.5) is 5.69 Å². The zero-order valence-electron chi connectivity index (χ0n) is 21.7. The van der Waals surface area contributed by atoms with Crippen LogP contribution in [0.3, 0.4) is 0 Å². The van der Waals surface area contributed by atoms with Gasteiger partial charge in [0.1, 0.15) is 0 Å². The van der Waals surface area contributed by atoms with Crippen molar-refractivity contribution in [2.45, 2.75) is 32.6 Å². The number of carbonyl (C=O) groups excluding carboxylic acids is 2. The van der Waals surface area contributed by atoms with E-state index in [1.54, 1.807) is 0 Å². The van der Waals surface area contributed by atoms with E-state index in [2.05, 4.69) is 20.9 Å². The third-order valence-corrected chi connectivity index (χ3v) is 7.76. The molecule has 0 aromatic heterocycles. The molecule has 3 aliphatic rings. The third kappa shape index (κ3) is 5.80. The minimum atomic E-state index is -0.612. The highest BCUT2D eigenvalue weighted by Crippen LogP contribution is 2.30. The summed E-state index contributed by atoms with van der Waals surface area (Å²) in [5.41, 5.74) is 2.76. The monoisotopic (exact) mass is 505 g/mol. The van der Waals surface area contributed by atoms with Crippen LogP contribution in [0, 0.1) is 41.5 Å². The molecule has 3 fully saturated rings. The highest BCUT2D eigenvalue weighted by atomic mass is 16.5. The molecule has 1 aromatic rings. The summed E-state index contributed by atoms with van der Waals surface area (Å²) in [6, 6.07) is 7.85. The molecule has 0 radical (unpaired) electrons. The lowest BCUT2D eigenvalue weighted by Crippen LogP contribution is -2.57. The minimum absolute atomic E-state index is 0.0111. The van der Waals surface area contributed by atoms with Crippen LogP contribution in [-0.2, 0) is 14.3 Å². The van der Waals surface area contributed by atoms with E-state index in [0.717, 1.165) is 43.6 Å². The Morgan fingerprint density at radius 1 is 0.946 bits per heavy atom. The molecule has 0 spiro atoms. The molecule has 1 amide bonds. The van der Waals surface area contributed by atoms with Gasteiger partial charge in [0.2, 0.25) is 18.1 Å². The molecule has 4 rings (SSSR count). The number of nitrogens with zero attached hydrogens (tertiary/aromatic N) is 7. The topological polar surface area (TPSA) is 116 Å². The molecule has 37 heavy (non-hydrogen) atoms. The number of anilines is 1. The van der Waals surface area contributed by atoms with Crippen molar-refractivity contribution in [1.29, 1.82) is 10.5 Å². The first-order valence-corrected chi connectivity index (χ1v) is 13.1. The maximum Gasteiger partial charge on any atom is 0.311 e. The molecule has 0 saturated carbocycles. The molecule has 10 heteroatoms. The molecule has 196 valence electrons. The number of methoxy groups -OCH3 is 1. The zero-order chi connectivity index (χ0) is 26.4. The Labute approximate surface area is 218 Å². The maximum absolute atomic E-state index is 13.6. The van der Waals surface area contributed by atoms with Gasteiger partial charge in [0.05, 0.1) is 30.6 Å². The SMILES string of the molecule is COC(=O)[C@H]1CN(/C(=N/C#N)N2CCCCC2)CC[C@@H]1C(=O)N1CCN(c2ccc(C#N)cc2C)CC1. The fraction of sp³-hybridized carbons (Fsp3) is 0.593. The van der Waals surface area contributed by atoms with Gasteiger partial charge in [0.25, 0.3) is 0 Å². The normalized spacial score (nSPS) is 22.8. The summed E-state index contributed by atoms with van der Waals surface area (Å²) < 4.78 is 5.11. The number of likely N-dealkylation sites (tertiary alicyclic amines) is 2. The van der Waals surface area contributed by atoms with E-state index in [-0.39, 0.29) is 5.91 Å². The molecular weight excluding hydrogens is 470 g/mol. The zero-order valence-corrected chi connectivity index (χ0v) is 21.7. The summed E-state index contributed by atoms with van der Waals surface area (Å²) in [6.07, 6.45) is 5.69.